The zero-order chi connectivity index (χ0) is 14.6. The van der Waals surface area contributed by atoms with Crippen molar-refractivity contribution in [2.24, 2.45) is 0 Å². The molecule has 0 spiro atoms. The summed E-state index contributed by atoms with van der Waals surface area (Å²) in [5, 5.41) is 0. The van der Waals surface area contributed by atoms with E-state index in [1.807, 2.05) is 30.3 Å². The minimum absolute atomic E-state index is 1.18. The van der Waals surface area contributed by atoms with Gasteiger partial charge >= 0.3 is 45.5 Å². The quantitative estimate of drug-likeness (QED) is 0.328. The molecule has 1 heterocycles. The molecule has 0 radical (unpaired) electrons. The summed E-state index contributed by atoms with van der Waals surface area (Å²) in [4.78, 5) is 0. The number of rotatable bonds is 1. The summed E-state index contributed by atoms with van der Waals surface area (Å²) >= 11 is 0. The van der Waals surface area contributed by atoms with E-state index in [1.165, 1.54) is 11.1 Å². The average Bonchev–Trinajstić information content (AvgIpc) is 2.27. The molecule has 0 N–H and O–H groups in total. The third kappa shape index (κ3) is 10.0. The van der Waals surface area contributed by atoms with Crippen LogP contribution in [-0.4, -0.2) is 0 Å². The van der Waals surface area contributed by atoms with Crippen LogP contribution in [0.15, 0.2) is 59.4 Å². The van der Waals surface area contributed by atoms with Gasteiger partial charge in [0.15, 0.2) is 0 Å². The molecular weight excluding hydrogens is 293 g/mol. The van der Waals surface area contributed by atoms with Crippen molar-refractivity contribution in [3.63, 3.8) is 0 Å². The van der Waals surface area contributed by atoms with Gasteiger partial charge in [-0.15, -0.1) is 0 Å². The van der Waals surface area contributed by atoms with Gasteiger partial charge < -0.3 is 0 Å². The fourth-order valence-electron chi connectivity index (χ4n) is 1.15. The van der Waals surface area contributed by atoms with Crippen molar-refractivity contribution in [3.8, 4) is 11.1 Å². The van der Waals surface area contributed by atoms with Crippen molar-refractivity contribution in [1.29, 1.82) is 0 Å². The zero-order valence-corrected chi connectivity index (χ0v) is 10.2. The summed E-state index contributed by atoms with van der Waals surface area (Å²) in [6.45, 7) is 0. The molecule has 1 aromatic carbocycles. The fourth-order valence-corrected chi connectivity index (χ4v) is 1.15. The number of benzene rings is 1. The Balaban J connectivity index is 0.000000224. The molecule has 0 aliphatic heterocycles. The molecule has 0 atom stereocenters. The van der Waals surface area contributed by atoms with Crippen LogP contribution in [0.3, 0.4) is 0 Å². The monoisotopic (exact) mass is 302 g/mol. The molecule has 0 amide bonds. The first-order valence-corrected chi connectivity index (χ1v) is 6.92. The molecule has 0 bridgehead atoms. The Hall–Kier alpha value is -1.62. The van der Waals surface area contributed by atoms with Gasteiger partial charge in [-0.3, -0.25) is 0 Å². The maximum absolute atomic E-state index is 10.7. The number of hydrogen-bond donors (Lipinski definition) is 0. The summed E-state index contributed by atoms with van der Waals surface area (Å²) in [7, 11) is -10.7. The van der Waals surface area contributed by atoms with Crippen LogP contribution >= 0.6 is 7.81 Å². The Labute approximate surface area is 104 Å². The Kier molecular flexibility index (Phi) is 3.65. The maximum Gasteiger partial charge on any atom is 0.318 e. The minimum Gasteiger partial charge on any atom is -0.224 e. The smallest absolute Gasteiger partial charge is 0.224 e. The van der Waals surface area contributed by atoms with Crippen LogP contribution in [0.1, 0.15) is 0 Å². The van der Waals surface area contributed by atoms with Crippen LogP contribution in [0.4, 0.5) is 25.2 Å². The van der Waals surface area contributed by atoms with Crippen molar-refractivity contribution in [2.75, 3.05) is 0 Å². The molecule has 1 aromatic heterocycles. The first-order valence-electron chi connectivity index (χ1n) is 4.89. The third-order valence-electron chi connectivity index (χ3n) is 1.76. The van der Waals surface area contributed by atoms with Crippen molar-refractivity contribution in [3.05, 3.63) is 55.0 Å². The Bertz CT molecular complexity index is 474. The average molecular weight is 302 g/mol. The van der Waals surface area contributed by atoms with Gasteiger partial charge in [-0.25, -0.2) is 4.42 Å². The molecule has 0 aliphatic rings. The number of halogens is 6. The first-order chi connectivity index (χ1) is 8.42. The molecule has 0 saturated heterocycles. The summed E-state index contributed by atoms with van der Waals surface area (Å²) in [5.41, 5.74) is 2.40. The van der Waals surface area contributed by atoms with E-state index in [2.05, 4.69) is 12.1 Å². The van der Waals surface area contributed by atoms with E-state index in [0.717, 1.165) is 0 Å². The van der Waals surface area contributed by atoms with Gasteiger partial charge in [0.05, 0.1) is 0 Å². The van der Waals surface area contributed by atoms with E-state index in [4.69, 9.17) is 4.42 Å². The minimum atomic E-state index is -10.7. The molecular formula is C11H9F6OP. The topological polar surface area (TPSA) is 11.3 Å². The molecule has 0 aliphatic carbocycles. The predicted molar refractivity (Wildman–Crippen MR) is 62.1 cm³/mol. The van der Waals surface area contributed by atoms with Crippen LogP contribution < -0.4 is 0 Å². The van der Waals surface area contributed by atoms with Crippen molar-refractivity contribution in [1.82, 2.24) is 0 Å². The summed E-state index contributed by atoms with van der Waals surface area (Å²) < 4.78 is 64.1. The van der Waals surface area contributed by atoms with Gasteiger partial charge in [-0.05, 0) is 11.1 Å². The molecule has 106 valence electrons. The zero-order valence-electron chi connectivity index (χ0n) is 9.32. The Morgan fingerprint density at radius 1 is 0.632 bits per heavy atom. The van der Waals surface area contributed by atoms with E-state index in [-0.39, 0.29) is 0 Å². The molecule has 0 saturated carbocycles. The van der Waals surface area contributed by atoms with E-state index < -0.39 is 7.81 Å². The standard InChI is InChI=1S/C11H9O.F6P/c1-2-4-10(5-3-1)11-6-8-12-9-7-11;1-7(2,3,4,5)6/h1-9H;/q+1;-1. The van der Waals surface area contributed by atoms with Crippen LogP contribution in [0.25, 0.3) is 11.1 Å². The van der Waals surface area contributed by atoms with Gasteiger partial charge in [-0.2, -0.15) is 0 Å². The van der Waals surface area contributed by atoms with E-state index in [9.17, 15) is 25.2 Å². The molecule has 0 fully saturated rings. The SMILES string of the molecule is F[P-](F)(F)(F)(F)F.c1ccc(-c2cc[o+]cc2)cc1. The predicted octanol–water partition coefficient (Wildman–Crippen LogP) is 6.61. The first kappa shape index (κ1) is 15.4. The van der Waals surface area contributed by atoms with Gasteiger partial charge in [0.25, 0.3) is 0 Å². The summed E-state index contributed by atoms with van der Waals surface area (Å²) in [6, 6.07) is 14.1. The fraction of sp³-hybridized carbons (Fsp3) is 0. The number of hydrogen-bond acceptors (Lipinski definition) is 0. The van der Waals surface area contributed by atoms with Gasteiger partial charge in [0.1, 0.15) is 0 Å². The van der Waals surface area contributed by atoms with Crippen molar-refractivity contribution < 1.29 is 29.6 Å². The second-order valence-corrected chi connectivity index (χ2v) is 5.44. The van der Waals surface area contributed by atoms with Crippen molar-refractivity contribution >= 4 is 7.81 Å². The summed E-state index contributed by atoms with van der Waals surface area (Å²) in [5.74, 6) is 0. The van der Waals surface area contributed by atoms with Gasteiger partial charge in [0.2, 0.25) is 0 Å². The van der Waals surface area contributed by atoms with Gasteiger partial charge in [0, 0.05) is 12.1 Å². The maximum atomic E-state index is 9.87. The molecule has 2 aromatic rings. The second kappa shape index (κ2) is 4.49. The van der Waals surface area contributed by atoms with Gasteiger partial charge in [-0.1, -0.05) is 30.3 Å². The molecule has 8 heteroatoms. The largest absolute Gasteiger partial charge is 0.318 e. The van der Waals surface area contributed by atoms with E-state index in [0.29, 0.717) is 0 Å². The Morgan fingerprint density at radius 3 is 1.42 bits per heavy atom. The third-order valence-corrected chi connectivity index (χ3v) is 1.76. The molecule has 0 unspecified atom stereocenters. The summed E-state index contributed by atoms with van der Waals surface area (Å²) in [6.07, 6.45) is 3.37. The van der Waals surface area contributed by atoms with Crippen LogP contribution in [0, 0.1) is 0 Å². The normalized spacial score (nSPS) is 14.6. The molecule has 2 rings (SSSR count). The Morgan fingerprint density at radius 2 is 1.00 bits per heavy atom. The van der Waals surface area contributed by atoms with Crippen molar-refractivity contribution in [2.45, 2.75) is 0 Å². The molecule has 19 heavy (non-hydrogen) atoms. The van der Waals surface area contributed by atoms with Crippen LogP contribution in [-0.2, 0) is 0 Å². The second-order valence-electron chi connectivity index (χ2n) is 3.52. The molecule has 1 nitrogen and oxygen atoms in total. The van der Waals surface area contributed by atoms with Crippen LogP contribution in [0.2, 0.25) is 0 Å². The van der Waals surface area contributed by atoms with E-state index in [1.54, 1.807) is 12.5 Å². The van der Waals surface area contributed by atoms with E-state index >= 15 is 0 Å². The van der Waals surface area contributed by atoms with Crippen LogP contribution in [0.5, 0.6) is 0 Å².